The summed E-state index contributed by atoms with van der Waals surface area (Å²) in [7, 11) is -3.79. The van der Waals surface area contributed by atoms with E-state index in [1.165, 1.54) is 48.2 Å². The zero-order valence-electron chi connectivity index (χ0n) is 17.3. The molecule has 2 aliphatic rings. The van der Waals surface area contributed by atoms with Crippen LogP contribution in [-0.2, 0) is 10.0 Å². The van der Waals surface area contributed by atoms with Crippen molar-refractivity contribution in [1.82, 2.24) is 14.5 Å². The first-order valence-electron chi connectivity index (χ1n) is 10.5. The number of sulfonamides is 1. The first-order chi connectivity index (χ1) is 14.9. The minimum Gasteiger partial charge on any atom is -0.355 e. The number of anilines is 2. The van der Waals surface area contributed by atoms with Crippen molar-refractivity contribution < 1.29 is 13.3 Å². The molecule has 0 unspecified atom stereocenters. The van der Waals surface area contributed by atoms with Gasteiger partial charge in [0.15, 0.2) is 11.6 Å². The molecular formula is C20H26N6O4S. The van der Waals surface area contributed by atoms with Gasteiger partial charge in [0, 0.05) is 51.4 Å². The number of non-ortho nitro benzene ring substituents is 1. The highest BCUT2D eigenvalue weighted by atomic mass is 32.2. The molecule has 0 atom stereocenters. The lowest BCUT2D eigenvalue weighted by Crippen LogP contribution is -2.49. The highest BCUT2D eigenvalue weighted by Gasteiger charge is 2.30. The number of benzene rings is 1. The standard InChI is InChI=1S/C20H26N6O4S/c27-26(28)17-6-5-7-18(16-17)31(29,30)25-14-12-24(13-15-25)20-9-8-19(21-22-20)23-10-3-1-2-4-11-23/h5-9,16H,1-4,10-15H2. The van der Waals surface area contributed by atoms with Crippen LogP contribution in [0.1, 0.15) is 25.7 Å². The Morgan fingerprint density at radius 3 is 1.94 bits per heavy atom. The molecule has 31 heavy (non-hydrogen) atoms. The second-order valence-corrected chi connectivity index (χ2v) is 9.73. The van der Waals surface area contributed by atoms with Crippen molar-refractivity contribution in [3.8, 4) is 0 Å². The van der Waals surface area contributed by atoms with Gasteiger partial charge in [0.2, 0.25) is 10.0 Å². The van der Waals surface area contributed by atoms with Crippen LogP contribution in [0.3, 0.4) is 0 Å². The van der Waals surface area contributed by atoms with Gasteiger partial charge in [-0.3, -0.25) is 10.1 Å². The largest absolute Gasteiger partial charge is 0.355 e. The maximum Gasteiger partial charge on any atom is 0.270 e. The van der Waals surface area contributed by atoms with Crippen LogP contribution in [0.15, 0.2) is 41.3 Å². The topological polar surface area (TPSA) is 113 Å². The van der Waals surface area contributed by atoms with Crippen molar-refractivity contribution >= 4 is 27.3 Å². The molecular weight excluding hydrogens is 420 g/mol. The molecule has 0 aliphatic carbocycles. The van der Waals surface area contributed by atoms with Gasteiger partial charge in [-0.05, 0) is 31.0 Å². The molecule has 0 bridgehead atoms. The number of hydrogen-bond donors (Lipinski definition) is 0. The quantitative estimate of drug-likeness (QED) is 0.508. The fourth-order valence-electron chi connectivity index (χ4n) is 4.02. The predicted octanol–water partition coefficient (Wildman–Crippen LogP) is 2.28. The van der Waals surface area contributed by atoms with E-state index in [1.807, 2.05) is 17.0 Å². The van der Waals surface area contributed by atoms with Crippen LogP contribution in [0.2, 0.25) is 0 Å². The Hall–Kier alpha value is -2.79. The van der Waals surface area contributed by atoms with Crippen molar-refractivity contribution in [2.75, 3.05) is 49.1 Å². The molecule has 1 aromatic heterocycles. The fraction of sp³-hybridized carbons (Fsp3) is 0.500. The molecule has 0 spiro atoms. The van der Waals surface area contributed by atoms with Gasteiger partial charge >= 0.3 is 0 Å². The summed E-state index contributed by atoms with van der Waals surface area (Å²) >= 11 is 0. The Kier molecular flexibility index (Phi) is 6.33. The van der Waals surface area contributed by atoms with E-state index in [9.17, 15) is 18.5 Å². The molecule has 1 aromatic carbocycles. The average molecular weight is 447 g/mol. The SMILES string of the molecule is O=[N+]([O-])c1cccc(S(=O)(=O)N2CCN(c3ccc(N4CCCCCC4)nn3)CC2)c1. The van der Waals surface area contributed by atoms with Gasteiger partial charge in [-0.1, -0.05) is 18.9 Å². The number of nitro benzene ring substituents is 1. The van der Waals surface area contributed by atoms with Crippen LogP contribution in [0.25, 0.3) is 0 Å². The first-order valence-corrected chi connectivity index (χ1v) is 12.0. The first kappa shape index (κ1) is 21.4. The van der Waals surface area contributed by atoms with Crippen LogP contribution < -0.4 is 9.80 Å². The van der Waals surface area contributed by atoms with E-state index in [0.29, 0.717) is 13.1 Å². The number of piperazine rings is 1. The smallest absolute Gasteiger partial charge is 0.270 e. The summed E-state index contributed by atoms with van der Waals surface area (Å²) in [6.45, 7) is 3.52. The number of rotatable bonds is 5. The maximum absolute atomic E-state index is 12.9. The molecule has 2 aromatic rings. The van der Waals surface area contributed by atoms with Crippen LogP contribution in [0, 0.1) is 10.1 Å². The van der Waals surface area contributed by atoms with Gasteiger partial charge in [0.1, 0.15) is 0 Å². The number of nitrogens with zero attached hydrogens (tertiary/aromatic N) is 6. The van der Waals surface area contributed by atoms with Gasteiger partial charge in [0.25, 0.3) is 5.69 Å². The number of hydrogen-bond acceptors (Lipinski definition) is 8. The summed E-state index contributed by atoms with van der Waals surface area (Å²) in [6.07, 6.45) is 4.85. The molecule has 4 rings (SSSR count). The molecule has 11 heteroatoms. The van der Waals surface area contributed by atoms with Gasteiger partial charge in [-0.15, -0.1) is 10.2 Å². The Labute approximate surface area is 181 Å². The van der Waals surface area contributed by atoms with Crippen LogP contribution in [-0.4, -0.2) is 67.1 Å². The Bertz CT molecular complexity index is 1010. The molecule has 2 aliphatic heterocycles. The predicted molar refractivity (Wildman–Crippen MR) is 117 cm³/mol. The fourth-order valence-corrected chi connectivity index (χ4v) is 5.48. The molecule has 0 saturated carbocycles. The second-order valence-electron chi connectivity index (χ2n) is 7.80. The number of aromatic nitrogens is 2. The van der Waals surface area contributed by atoms with E-state index < -0.39 is 14.9 Å². The summed E-state index contributed by atoms with van der Waals surface area (Å²) in [5.74, 6) is 1.61. The van der Waals surface area contributed by atoms with Crippen molar-refractivity contribution in [3.63, 3.8) is 0 Å². The Morgan fingerprint density at radius 1 is 0.806 bits per heavy atom. The highest BCUT2D eigenvalue weighted by molar-refractivity contribution is 7.89. The lowest BCUT2D eigenvalue weighted by molar-refractivity contribution is -0.385. The van der Waals surface area contributed by atoms with Crippen molar-refractivity contribution in [2.24, 2.45) is 0 Å². The molecule has 3 heterocycles. The zero-order chi connectivity index (χ0) is 21.8. The molecule has 10 nitrogen and oxygen atoms in total. The summed E-state index contributed by atoms with van der Waals surface area (Å²) in [4.78, 5) is 14.6. The van der Waals surface area contributed by atoms with Crippen LogP contribution in [0.4, 0.5) is 17.3 Å². The normalized spacial score (nSPS) is 18.6. The van der Waals surface area contributed by atoms with E-state index >= 15 is 0 Å². The second kappa shape index (κ2) is 9.15. The lowest BCUT2D eigenvalue weighted by Gasteiger charge is -2.34. The molecule has 0 N–H and O–H groups in total. The van der Waals surface area contributed by atoms with Crippen LogP contribution >= 0.6 is 0 Å². The summed E-state index contributed by atoms with van der Waals surface area (Å²) in [5.41, 5.74) is -0.237. The minimum absolute atomic E-state index is 0.0586. The van der Waals surface area contributed by atoms with Gasteiger partial charge in [-0.2, -0.15) is 4.31 Å². The highest BCUT2D eigenvalue weighted by Crippen LogP contribution is 2.24. The summed E-state index contributed by atoms with van der Waals surface area (Å²) in [6, 6.07) is 9.10. The molecule has 2 fully saturated rings. The van der Waals surface area contributed by atoms with E-state index in [4.69, 9.17) is 0 Å². The molecule has 0 amide bonds. The summed E-state index contributed by atoms with van der Waals surface area (Å²) < 4.78 is 27.2. The molecule has 166 valence electrons. The van der Waals surface area contributed by atoms with E-state index in [1.54, 1.807) is 0 Å². The lowest BCUT2D eigenvalue weighted by atomic mass is 10.2. The third kappa shape index (κ3) is 4.77. The zero-order valence-corrected chi connectivity index (χ0v) is 18.1. The maximum atomic E-state index is 12.9. The third-order valence-electron chi connectivity index (χ3n) is 5.80. The Morgan fingerprint density at radius 2 is 1.39 bits per heavy atom. The van der Waals surface area contributed by atoms with E-state index in [-0.39, 0.29) is 23.7 Å². The van der Waals surface area contributed by atoms with Crippen molar-refractivity contribution in [3.05, 3.63) is 46.5 Å². The summed E-state index contributed by atoms with van der Waals surface area (Å²) in [5, 5.41) is 19.7. The third-order valence-corrected chi connectivity index (χ3v) is 7.69. The molecule has 0 radical (unpaired) electrons. The van der Waals surface area contributed by atoms with E-state index in [2.05, 4.69) is 15.1 Å². The Balaban J connectivity index is 1.40. The van der Waals surface area contributed by atoms with Gasteiger partial charge < -0.3 is 9.80 Å². The van der Waals surface area contributed by atoms with Gasteiger partial charge in [-0.25, -0.2) is 8.42 Å². The average Bonchev–Trinajstić information content (AvgIpc) is 3.09. The number of nitro groups is 1. The van der Waals surface area contributed by atoms with Crippen molar-refractivity contribution in [2.45, 2.75) is 30.6 Å². The minimum atomic E-state index is -3.79. The molecule has 2 saturated heterocycles. The monoisotopic (exact) mass is 446 g/mol. The van der Waals surface area contributed by atoms with Crippen LogP contribution in [0.5, 0.6) is 0 Å². The van der Waals surface area contributed by atoms with Gasteiger partial charge in [0.05, 0.1) is 9.82 Å². The van der Waals surface area contributed by atoms with Crippen molar-refractivity contribution in [1.29, 1.82) is 0 Å². The van der Waals surface area contributed by atoms with E-state index in [0.717, 1.165) is 30.8 Å².